The fourth-order valence-electron chi connectivity index (χ4n) is 0.656. The van der Waals surface area contributed by atoms with Gasteiger partial charge in [-0.15, -0.1) is 0 Å². The van der Waals surface area contributed by atoms with Crippen LogP contribution < -0.4 is 0 Å². The van der Waals surface area contributed by atoms with Gasteiger partial charge in [-0.25, -0.2) is 0 Å². The first-order chi connectivity index (χ1) is 4.33. The highest BCUT2D eigenvalue weighted by Gasteiger charge is 2.20. The second kappa shape index (κ2) is 3.51. The van der Waals surface area contributed by atoms with Gasteiger partial charge in [-0.2, -0.15) is 0 Å². The Morgan fingerprint density at radius 3 is 1.70 bits per heavy atom. The van der Waals surface area contributed by atoms with Crippen LogP contribution in [-0.2, 0) is 4.43 Å². The largest absolute Gasteiger partial charge is 0.412 e. The number of aliphatic hydroxyl groups is 1. The van der Waals surface area contributed by atoms with Crippen LogP contribution in [0.2, 0.25) is 19.6 Å². The molecule has 0 radical (unpaired) electrons. The number of hydrogen-bond acceptors (Lipinski definition) is 2. The summed E-state index contributed by atoms with van der Waals surface area (Å²) in [5, 5.41) is 9.08. The van der Waals surface area contributed by atoms with Crippen LogP contribution in [0.4, 0.5) is 0 Å². The van der Waals surface area contributed by atoms with E-state index in [-0.39, 0.29) is 12.2 Å². The van der Waals surface area contributed by atoms with Gasteiger partial charge in [-0.3, -0.25) is 0 Å². The van der Waals surface area contributed by atoms with Crippen molar-refractivity contribution in [1.29, 1.82) is 0 Å². The second-order valence-electron chi connectivity index (χ2n) is 3.68. The summed E-state index contributed by atoms with van der Waals surface area (Å²) in [6.45, 7) is 10.0. The minimum Gasteiger partial charge on any atom is -0.412 e. The highest BCUT2D eigenvalue weighted by molar-refractivity contribution is 6.69. The second-order valence-corrected chi connectivity index (χ2v) is 8.14. The molecule has 0 spiro atoms. The minimum atomic E-state index is -1.44. The maximum Gasteiger partial charge on any atom is 0.184 e. The van der Waals surface area contributed by atoms with Crippen molar-refractivity contribution in [2.75, 3.05) is 0 Å². The molecule has 0 saturated carbocycles. The Morgan fingerprint density at radius 2 is 1.60 bits per heavy atom. The lowest BCUT2D eigenvalue weighted by Crippen LogP contribution is -2.35. The first kappa shape index (κ1) is 10.1. The monoisotopic (exact) mass is 162 g/mol. The molecule has 0 fully saturated rings. The van der Waals surface area contributed by atoms with E-state index < -0.39 is 8.32 Å². The Kier molecular flexibility index (Phi) is 3.55. The minimum absolute atomic E-state index is 0.0216. The van der Waals surface area contributed by atoms with Crippen LogP contribution in [0.15, 0.2) is 0 Å². The maximum atomic E-state index is 9.08. The molecular formula is C7H18O2Si. The lowest BCUT2D eigenvalue weighted by molar-refractivity contribution is 0.0556. The van der Waals surface area contributed by atoms with E-state index >= 15 is 0 Å². The van der Waals surface area contributed by atoms with Crippen LogP contribution in [0.1, 0.15) is 13.8 Å². The first-order valence-corrected chi connectivity index (χ1v) is 7.09. The molecular weight excluding hydrogens is 144 g/mol. The van der Waals surface area contributed by atoms with Gasteiger partial charge in [0.15, 0.2) is 8.32 Å². The molecule has 2 nitrogen and oxygen atoms in total. The molecule has 0 saturated heterocycles. The van der Waals surface area contributed by atoms with Crippen molar-refractivity contribution in [3.05, 3.63) is 0 Å². The van der Waals surface area contributed by atoms with Gasteiger partial charge in [0.1, 0.15) is 0 Å². The smallest absolute Gasteiger partial charge is 0.184 e. The summed E-state index contributed by atoms with van der Waals surface area (Å²) in [6.07, 6.45) is -0.376. The van der Waals surface area contributed by atoms with E-state index in [1.165, 1.54) is 0 Å². The van der Waals surface area contributed by atoms with Crippen molar-refractivity contribution >= 4 is 8.32 Å². The van der Waals surface area contributed by atoms with Crippen LogP contribution in [-0.4, -0.2) is 25.6 Å². The average Bonchev–Trinajstić information content (AvgIpc) is 1.60. The van der Waals surface area contributed by atoms with Crippen LogP contribution in [0.25, 0.3) is 0 Å². The van der Waals surface area contributed by atoms with E-state index in [0.717, 1.165) is 0 Å². The zero-order chi connectivity index (χ0) is 8.36. The van der Waals surface area contributed by atoms with Gasteiger partial charge >= 0.3 is 0 Å². The number of hydrogen-bond donors (Lipinski definition) is 1. The fourth-order valence-corrected chi connectivity index (χ4v) is 1.97. The highest BCUT2D eigenvalue weighted by Crippen LogP contribution is 2.09. The highest BCUT2D eigenvalue weighted by atomic mass is 28.4. The quantitative estimate of drug-likeness (QED) is 0.639. The lowest BCUT2D eigenvalue weighted by atomic mass is 10.3. The molecule has 3 heteroatoms. The van der Waals surface area contributed by atoms with Crippen LogP contribution in [0.3, 0.4) is 0 Å². The van der Waals surface area contributed by atoms with Crippen molar-refractivity contribution in [3.63, 3.8) is 0 Å². The molecule has 0 amide bonds. The van der Waals surface area contributed by atoms with E-state index in [9.17, 15) is 0 Å². The van der Waals surface area contributed by atoms with Gasteiger partial charge in [-0.05, 0) is 33.5 Å². The SMILES string of the molecule is C[C@@H](O)[C@@H](C)O[Si](C)(C)C. The summed E-state index contributed by atoms with van der Waals surface area (Å²) in [6, 6.07) is 0. The summed E-state index contributed by atoms with van der Waals surface area (Å²) < 4.78 is 5.59. The summed E-state index contributed by atoms with van der Waals surface area (Å²) >= 11 is 0. The Morgan fingerprint density at radius 1 is 1.20 bits per heavy atom. The zero-order valence-corrected chi connectivity index (χ0v) is 8.51. The van der Waals surface area contributed by atoms with Crippen LogP contribution in [0.5, 0.6) is 0 Å². The van der Waals surface area contributed by atoms with Crippen molar-refractivity contribution in [3.8, 4) is 0 Å². The molecule has 0 aliphatic rings. The Labute approximate surface area is 64.3 Å². The van der Waals surface area contributed by atoms with E-state index in [4.69, 9.17) is 9.53 Å². The molecule has 0 aliphatic carbocycles. The summed E-state index contributed by atoms with van der Waals surface area (Å²) in [4.78, 5) is 0. The van der Waals surface area contributed by atoms with Gasteiger partial charge in [0.05, 0.1) is 12.2 Å². The van der Waals surface area contributed by atoms with E-state index in [1.807, 2.05) is 6.92 Å². The summed E-state index contributed by atoms with van der Waals surface area (Å²) in [7, 11) is -1.44. The third-order valence-electron chi connectivity index (χ3n) is 1.22. The Balaban J connectivity index is 3.68. The van der Waals surface area contributed by atoms with Crippen molar-refractivity contribution in [2.45, 2.75) is 45.7 Å². The molecule has 1 N–H and O–H groups in total. The summed E-state index contributed by atoms with van der Waals surface area (Å²) in [5.41, 5.74) is 0. The van der Waals surface area contributed by atoms with E-state index in [1.54, 1.807) is 6.92 Å². The molecule has 0 unspecified atom stereocenters. The fraction of sp³-hybridized carbons (Fsp3) is 1.00. The van der Waals surface area contributed by atoms with Gasteiger partial charge < -0.3 is 9.53 Å². The van der Waals surface area contributed by atoms with Crippen molar-refractivity contribution in [2.24, 2.45) is 0 Å². The maximum absolute atomic E-state index is 9.08. The molecule has 2 atom stereocenters. The van der Waals surface area contributed by atoms with E-state index in [2.05, 4.69) is 19.6 Å². The van der Waals surface area contributed by atoms with E-state index in [0.29, 0.717) is 0 Å². The standard InChI is InChI=1S/C7H18O2Si/c1-6(8)7(2)9-10(3,4)5/h6-8H,1-5H3/t6-,7-/m1/s1. The van der Waals surface area contributed by atoms with Gasteiger partial charge in [0.25, 0.3) is 0 Å². The Hall–Kier alpha value is 0.137. The zero-order valence-electron chi connectivity index (χ0n) is 7.51. The normalized spacial score (nSPS) is 18.6. The molecule has 0 aromatic rings. The number of rotatable bonds is 3. The van der Waals surface area contributed by atoms with Crippen LogP contribution >= 0.6 is 0 Å². The molecule has 10 heavy (non-hydrogen) atoms. The van der Waals surface area contributed by atoms with Gasteiger partial charge in [0.2, 0.25) is 0 Å². The van der Waals surface area contributed by atoms with Crippen molar-refractivity contribution < 1.29 is 9.53 Å². The molecule has 0 rings (SSSR count). The third kappa shape index (κ3) is 4.96. The average molecular weight is 162 g/mol. The molecule has 0 aromatic heterocycles. The predicted octanol–water partition coefficient (Wildman–Crippen LogP) is 1.61. The van der Waals surface area contributed by atoms with Gasteiger partial charge in [0, 0.05) is 0 Å². The van der Waals surface area contributed by atoms with Crippen molar-refractivity contribution in [1.82, 2.24) is 0 Å². The molecule has 0 aliphatic heterocycles. The first-order valence-electron chi connectivity index (χ1n) is 3.69. The summed E-state index contributed by atoms with van der Waals surface area (Å²) in [5.74, 6) is 0. The van der Waals surface area contributed by atoms with Crippen LogP contribution in [0, 0.1) is 0 Å². The predicted molar refractivity (Wildman–Crippen MR) is 45.6 cm³/mol. The molecule has 62 valence electrons. The van der Waals surface area contributed by atoms with Gasteiger partial charge in [-0.1, -0.05) is 0 Å². The molecule has 0 heterocycles. The molecule has 0 bridgehead atoms. The molecule has 0 aromatic carbocycles. The number of aliphatic hydroxyl groups excluding tert-OH is 1. The third-order valence-corrected chi connectivity index (χ3v) is 2.30. The Bertz CT molecular complexity index is 96.3. The topological polar surface area (TPSA) is 29.5 Å². The lowest BCUT2D eigenvalue weighted by Gasteiger charge is -2.25.